The van der Waals surface area contributed by atoms with E-state index in [2.05, 4.69) is 15.3 Å². The first-order valence-corrected chi connectivity index (χ1v) is 7.48. The average molecular weight is 327 g/mol. The monoisotopic (exact) mass is 326 g/mol. The number of nitrogens with one attached hydrogen (secondary N) is 1. The van der Waals surface area contributed by atoms with Gasteiger partial charge in [-0.25, -0.2) is 4.98 Å². The minimum atomic E-state index is -0.240. The summed E-state index contributed by atoms with van der Waals surface area (Å²) in [5.74, 6) is 0.533. The van der Waals surface area contributed by atoms with E-state index in [4.69, 9.17) is 11.6 Å². The molecule has 0 fully saturated rings. The molecule has 3 rings (SSSR count). The zero-order chi connectivity index (χ0) is 16.2. The largest absolute Gasteiger partial charge is 0.345 e. The molecular weight excluding hydrogens is 312 g/mol. The maximum atomic E-state index is 12.4. The van der Waals surface area contributed by atoms with E-state index in [0.717, 1.165) is 17.1 Å². The second-order valence-corrected chi connectivity index (χ2v) is 5.45. The first-order valence-electron chi connectivity index (χ1n) is 7.10. The van der Waals surface area contributed by atoms with E-state index in [0.29, 0.717) is 17.1 Å². The lowest BCUT2D eigenvalue weighted by Crippen LogP contribution is -2.24. The van der Waals surface area contributed by atoms with Crippen molar-refractivity contribution in [2.24, 2.45) is 7.05 Å². The molecule has 23 heavy (non-hydrogen) atoms. The highest BCUT2D eigenvalue weighted by Gasteiger charge is 2.13. The van der Waals surface area contributed by atoms with Gasteiger partial charge in [0.25, 0.3) is 5.91 Å². The fourth-order valence-electron chi connectivity index (χ4n) is 2.21. The van der Waals surface area contributed by atoms with Gasteiger partial charge in [-0.3, -0.25) is 9.78 Å². The van der Waals surface area contributed by atoms with Crippen LogP contribution in [0.2, 0.25) is 5.02 Å². The number of aryl methyl sites for hydroxylation is 1. The molecule has 116 valence electrons. The summed E-state index contributed by atoms with van der Waals surface area (Å²) < 4.78 is 1.85. The van der Waals surface area contributed by atoms with E-state index < -0.39 is 0 Å². The standard InChI is InChI=1S/C17H15ClN4O/c1-22-9-8-20-16(22)11-21-17(23)13-10-12(5-6-14(13)18)15-4-2-3-7-19-15/h2-10H,11H2,1H3,(H,21,23). The van der Waals surface area contributed by atoms with E-state index in [1.807, 2.05) is 42.1 Å². The van der Waals surface area contributed by atoms with Crippen molar-refractivity contribution in [3.8, 4) is 11.3 Å². The number of carbonyl (C=O) groups excluding carboxylic acids is 1. The van der Waals surface area contributed by atoms with Crippen molar-refractivity contribution in [3.05, 3.63) is 71.4 Å². The Morgan fingerprint density at radius 3 is 2.78 bits per heavy atom. The van der Waals surface area contributed by atoms with Gasteiger partial charge in [-0.2, -0.15) is 0 Å². The molecule has 0 saturated heterocycles. The quantitative estimate of drug-likeness (QED) is 0.801. The Labute approximate surface area is 139 Å². The van der Waals surface area contributed by atoms with Crippen molar-refractivity contribution in [2.75, 3.05) is 0 Å². The van der Waals surface area contributed by atoms with Gasteiger partial charge in [0.2, 0.25) is 0 Å². The summed E-state index contributed by atoms with van der Waals surface area (Å²) in [6.45, 7) is 0.340. The van der Waals surface area contributed by atoms with Crippen LogP contribution in [0.3, 0.4) is 0 Å². The number of aromatic nitrogens is 3. The Morgan fingerprint density at radius 1 is 1.22 bits per heavy atom. The third kappa shape index (κ3) is 3.40. The first-order chi connectivity index (χ1) is 11.1. The molecule has 0 unspecified atom stereocenters. The van der Waals surface area contributed by atoms with Crippen molar-refractivity contribution in [3.63, 3.8) is 0 Å². The number of nitrogens with zero attached hydrogens (tertiary/aromatic N) is 3. The van der Waals surface area contributed by atoms with Gasteiger partial charge in [-0.1, -0.05) is 23.7 Å². The predicted molar refractivity (Wildman–Crippen MR) is 89.1 cm³/mol. The van der Waals surface area contributed by atoms with Gasteiger partial charge in [0, 0.05) is 31.2 Å². The van der Waals surface area contributed by atoms with Gasteiger partial charge < -0.3 is 9.88 Å². The van der Waals surface area contributed by atoms with Gasteiger partial charge in [0.15, 0.2) is 0 Å². The topological polar surface area (TPSA) is 59.8 Å². The molecule has 0 aliphatic rings. The Kier molecular flexibility index (Phi) is 4.39. The van der Waals surface area contributed by atoms with Crippen LogP contribution in [0.5, 0.6) is 0 Å². The summed E-state index contributed by atoms with van der Waals surface area (Å²) in [5.41, 5.74) is 2.06. The predicted octanol–water partition coefficient (Wildman–Crippen LogP) is 3.07. The number of imidazole rings is 1. The van der Waals surface area contributed by atoms with Crippen LogP contribution >= 0.6 is 11.6 Å². The van der Waals surface area contributed by atoms with Crippen LogP contribution in [-0.2, 0) is 13.6 Å². The van der Waals surface area contributed by atoms with Crippen molar-refractivity contribution in [1.29, 1.82) is 0 Å². The summed E-state index contributed by atoms with van der Waals surface area (Å²) in [6.07, 6.45) is 5.23. The molecule has 0 saturated carbocycles. The second-order valence-electron chi connectivity index (χ2n) is 5.05. The highest BCUT2D eigenvalue weighted by Crippen LogP contribution is 2.23. The molecule has 0 radical (unpaired) electrons. The SMILES string of the molecule is Cn1ccnc1CNC(=O)c1cc(-c2ccccn2)ccc1Cl. The molecule has 0 bridgehead atoms. The third-order valence-corrected chi connectivity index (χ3v) is 3.83. The normalized spacial score (nSPS) is 10.5. The zero-order valence-corrected chi connectivity index (χ0v) is 13.3. The average Bonchev–Trinajstić information content (AvgIpc) is 2.99. The van der Waals surface area contributed by atoms with Gasteiger partial charge >= 0.3 is 0 Å². The summed E-state index contributed by atoms with van der Waals surface area (Å²) in [5, 5.41) is 3.24. The summed E-state index contributed by atoms with van der Waals surface area (Å²) in [6, 6.07) is 10.9. The molecule has 1 amide bonds. The van der Waals surface area contributed by atoms with Crippen LogP contribution in [0.1, 0.15) is 16.2 Å². The van der Waals surface area contributed by atoms with Crippen molar-refractivity contribution in [2.45, 2.75) is 6.54 Å². The van der Waals surface area contributed by atoms with Gasteiger partial charge in [0.05, 0.1) is 22.8 Å². The zero-order valence-electron chi connectivity index (χ0n) is 12.5. The number of halogens is 1. The van der Waals surface area contributed by atoms with Crippen molar-refractivity contribution < 1.29 is 4.79 Å². The maximum absolute atomic E-state index is 12.4. The Hall–Kier alpha value is -2.66. The number of hydrogen-bond donors (Lipinski definition) is 1. The van der Waals surface area contributed by atoms with Crippen LogP contribution in [0.25, 0.3) is 11.3 Å². The Balaban J connectivity index is 1.81. The molecule has 0 aliphatic carbocycles. The number of benzene rings is 1. The molecule has 1 N–H and O–H groups in total. The van der Waals surface area contributed by atoms with Crippen LogP contribution in [0, 0.1) is 0 Å². The number of amides is 1. The Bertz CT molecular complexity index is 830. The molecular formula is C17H15ClN4O. The van der Waals surface area contributed by atoms with E-state index in [9.17, 15) is 4.79 Å². The Morgan fingerprint density at radius 2 is 2.09 bits per heavy atom. The van der Waals surface area contributed by atoms with E-state index in [-0.39, 0.29) is 5.91 Å². The smallest absolute Gasteiger partial charge is 0.253 e. The van der Waals surface area contributed by atoms with Crippen LogP contribution in [-0.4, -0.2) is 20.4 Å². The molecule has 0 spiro atoms. The molecule has 0 aliphatic heterocycles. The van der Waals surface area contributed by atoms with Gasteiger partial charge in [-0.05, 0) is 24.3 Å². The minimum Gasteiger partial charge on any atom is -0.345 e. The van der Waals surface area contributed by atoms with Crippen LogP contribution < -0.4 is 5.32 Å². The van der Waals surface area contributed by atoms with Crippen molar-refractivity contribution >= 4 is 17.5 Å². The molecule has 1 aromatic carbocycles. The molecule has 6 heteroatoms. The van der Waals surface area contributed by atoms with E-state index in [1.54, 1.807) is 24.5 Å². The number of hydrogen-bond acceptors (Lipinski definition) is 3. The summed E-state index contributed by atoms with van der Waals surface area (Å²) in [7, 11) is 1.88. The van der Waals surface area contributed by atoms with Gasteiger partial charge in [-0.15, -0.1) is 0 Å². The number of carbonyl (C=O) groups is 1. The number of pyridine rings is 1. The second kappa shape index (κ2) is 6.62. The highest BCUT2D eigenvalue weighted by molar-refractivity contribution is 6.34. The fourth-order valence-corrected chi connectivity index (χ4v) is 2.42. The molecule has 0 atom stereocenters. The lowest BCUT2D eigenvalue weighted by Gasteiger charge is -2.09. The minimum absolute atomic E-state index is 0.240. The molecule has 2 heterocycles. The highest BCUT2D eigenvalue weighted by atomic mass is 35.5. The van der Waals surface area contributed by atoms with Crippen LogP contribution in [0.15, 0.2) is 55.0 Å². The van der Waals surface area contributed by atoms with E-state index in [1.165, 1.54) is 0 Å². The summed E-state index contributed by atoms with van der Waals surface area (Å²) >= 11 is 6.17. The lowest BCUT2D eigenvalue weighted by atomic mass is 10.1. The lowest BCUT2D eigenvalue weighted by molar-refractivity contribution is 0.0950. The molecule has 2 aromatic heterocycles. The maximum Gasteiger partial charge on any atom is 0.253 e. The fraction of sp³-hybridized carbons (Fsp3) is 0.118. The third-order valence-electron chi connectivity index (χ3n) is 3.50. The molecule has 5 nitrogen and oxygen atoms in total. The molecule has 3 aromatic rings. The summed E-state index contributed by atoms with van der Waals surface area (Å²) in [4.78, 5) is 20.9. The van der Waals surface area contributed by atoms with Crippen molar-refractivity contribution in [1.82, 2.24) is 19.9 Å². The van der Waals surface area contributed by atoms with E-state index >= 15 is 0 Å². The van der Waals surface area contributed by atoms with Gasteiger partial charge in [0.1, 0.15) is 5.82 Å². The van der Waals surface area contributed by atoms with Crippen LogP contribution in [0.4, 0.5) is 0 Å². The number of rotatable bonds is 4. The first kappa shape index (κ1) is 15.2.